The topological polar surface area (TPSA) is 86.8 Å². The van der Waals surface area contributed by atoms with Crippen molar-refractivity contribution in [2.24, 2.45) is 0 Å². The Morgan fingerprint density at radius 1 is 1.02 bits per heavy atom. The number of amides is 2. The summed E-state index contributed by atoms with van der Waals surface area (Å²) >= 11 is 18.1. The molecule has 0 unspecified atom stereocenters. The first kappa shape index (κ1) is 33.3. The van der Waals surface area contributed by atoms with Crippen molar-refractivity contribution in [2.75, 3.05) is 17.1 Å². The second kappa shape index (κ2) is 13.8. The molecule has 0 bridgehead atoms. The number of carbonyl (C=O) groups excluding carboxylic acids is 2. The fourth-order valence-corrected chi connectivity index (χ4v) is 6.33. The molecule has 1 N–H and O–H groups in total. The lowest BCUT2D eigenvalue weighted by molar-refractivity contribution is -0.140. The van der Waals surface area contributed by atoms with E-state index in [2.05, 4.69) is 5.32 Å². The molecule has 1 saturated carbocycles. The highest BCUT2D eigenvalue weighted by Gasteiger charge is 2.36. The van der Waals surface area contributed by atoms with Gasteiger partial charge in [-0.1, -0.05) is 67.1 Å². The lowest BCUT2D eigenvalue weighted by Crippen LogP contribution is -2.54. The molecule has 7 nitrogen and oxygen atoms in total. The molecule has 3 rings (SSSR count). The Hall–Kier alpha value is -2.21. The first-order chi connectivity index (χ1) is 19.1. The molecule has 2 aromatic carbocycles. The zero-order valence-electron chi connectivity index (χ0n) is 22.5. The fraction of sp³-hybridized carbons (Fsp3) is 0.481. The molecule has 226 valence electrons. The standard InChI is InChI=1S/C27H31Cl3F3N3O4S/c1-3-24(26(38)34-19-7-5-4-6-8-19)35(15-17-9-10-18(28)13-23(17)30)25(37)16-36(41(2,39)40)20-11-12-22(29)21(14-20)27(31,32)33/h9-14,19,24H,3-8,15-16H2,1-2H3,(H,34,38)/t24-/m1/s1. The Kier molecular flexibility index (Phi) is 11.2. The molecule has 0 aliphatic heterocycles. The summed E-state index contributed by atoms with van der Waals surface area (Å²) in [4.78, 5) is 28.5. The molecule has 0 spiro atoms. The van der Waals surface area contributed by atoms with E-state index in [4.69, 9.17) is 34.8 Å². The summed E-state index contributed by atoms with van der Waals surface area (Å²) in [5.74, 6) is -1.22. The maximum Gasteiger partial charge on any atom is 0.417 e. The van der Waals surface area contributed by atoms with Crippen LogP contribution in [0, 0.1) is 0 Å². The molecule has 0 saturated heterocycles. The number of rotatable bonds is 10. The van der Waals surface area contributed by atoms with Crippen molar-refractivity contribution in [1.82, 2.24) is 10.2 Å². The quantitative estimate of drug-likeness (QED) is 0.309. The minimum absolute atomic E-state index is 0.0521. The van der Waals surface area contributed by atoms with E-state index in [0.29, 0.717) is 21.0 Å². The molecule has 1 aliphatic rings. The second-order valence-corrected chi connectivity index (χ2v) is 13.1. The molecule has 41 heavy (non-hydrogen) atoms. The lowest BCUT2D eigenvalue weighted by atomic mass is 9.95. The molecule has 2 aromatic rings. The summed E-state index contributed by atoms with van der Waals surface area (Å²) in [5.41, 5.74) is -1.20. The van der Waals surface area contributed by atoms with Gasteiger partial charge in [-0.15, -0.1) is 0 Å². The Morgan fingerprint density at radius 3 is 2.24 bits per heavy atom. The maximum absolute atomic E-state index is 13.8. The van der Waals surface area contributed by atoms with Crippen molar-refractivity contribution in [3.05, 3.63) is 62.6 Å². The van der Waals surface area contributed by atoms with Gasteiger partial charge in [0.05, 0.1) is 22.5 Å². The van der Waals surface area contributed by atoms with Crippen molar-refractivity contribution in [1.29, 1.82) is 0 Å². The SMILES string of the molecule is CC[C@H](C(=O)NC1CCCCC1)N(Cc1ccc(Cl)cc1Cl)C(=O)CN(c1ccc(Cl)c(C(F)(F)F)c1)S(C)(=O)=O. The molecular weight excluding hydrogens is 626 g/mol. The van der Waals surface area contributed by atoms with Crippen LogP contribution in [0.3, 0.4) is 0 Å². The Labute approximate surface area is 253 Å². The van der Waals surface area contributed by atoms with Crippen LogP contribution in [0.4, 0.5) is 18.9 Å². The van der Waals surface area contributed by atoms with Crippen LogP contribution in [0.5, 0.6) is 0 Å². The first-order valence-electron chi connectivity index (χ1n) is 13.0. The molecule has 2 amide bonds. The number of alkyl halides is 3. The summed E-state index contributed by atoms with van der Waals surface area (Å²) in [5, 5.41) is 2.96. The van der Waals surface area contributed by atoms with E-state index in [1.165, 1.54) is 11.0 Å². The summed E-state index contributed by atoms with van der Waals surface area (Å²) in [7, 11) is -4.25. The number of anilines is 1. The smallest absolute Gasteiger partial charge is 0.352 e. The Bertz CT molecular complexity index is 1370. The molecule has 1 aliphatic carbocycles. The van der Waals surface area contributed by atoms with Crippen LogP contribution in [0.1, 0.15) is 56.6 Å². The van der Waals surface area contributed by atoms with Gasteiger partial charge in [0, 0.05) is 22.6 Å². The van der Waals surface area contributed by atoms with E-state index in [0.717, 1.165) is 50.5 Å². The zero-order valence-corrected chi connectivity index (χ0v) is 25.6. The molecular formula is C27H31Cl3F3N3O4S. The highest BCUT2D eigenvalue weighted by Crippen LogP contribution is 2.37. The van der Waals surface area contributed by atoms with Gasteiger partial charge in [0.2, 0.25) is 21.8 Å². The number of halogens is 6. The Balaban J connectivity index is 2.00. The van der Waals surface area contributed by atoms with Gasteiger partial charge >= 0.3 is 6.18 Å². The van der Waals surface area contributed by atoms with Crippen LogP contribution in [0.25, 0.3) is 0 Å². The molecule has 1 atom stereocenters. The number of carbonyl (C=O) groups is 2. The third-order valence-electron chi connectivity index (χ3n) is 6.92. The number of nitrogens with zero attached hydrogens (tertiary/aromatic N) is 2. The van der Waals surface area contributed by atoms with E-state index in [1.54, 1.807) is 19.1 Å². The predicted octanol–water partition coefficient (Wildman–Crippen LogP) is 6.69. The minimum atomic E-state index is -4.86. The highest BCUT2D eigenvalue weighted by atomic mass is 35.5. The molecule has 1 fully saturated rings. The third kappa shape index (κ3) is 8.89. The first-order valence-corrected chi connectivity index (χ1v) is 16.0. The van der Waals surface area contributed by atoms with Gasteiger partial charge in [-0.2, -0.15) is 13.2 Å². The number of nitrogens with one attached hydrogen (secondary N) is 1. The van der Waals surface area contributed by atoms with Crippen LogP contribution < -0.4 is 9.62 Å². The van der Waals surface area contributed by atoms with Crippen molar-refractivity contribution >= 4 is 62.3 Å². The van der Waals surface area contributed by atoms with E-state index in [1.807, 2.05) is 0 Å². The minimum Gasteiger partial charge on any atom is -0.352 e. The summed E-state index contributed by atoms with van der Waals surface area (Å²) in [6, 6.07) is 6.13. The number of benzene rings is 2. The van der Waals surface area contributed by atoms with Gasteiger partial charge < -0.3 is 10.2 Å². The van der Waals surface area contributed by atoms with Crippen molar-refractivity contribution in [3.63, 3.8) is 0 Å². The molecule has 0 heterocycles. The largest absolute Gasteiger partial charge is 0.417 e. The summed E-state index contributed by atoms with van der Waals surface area (Å²) in [6.07, 6.45) is 0.721. The van der Waals surface area contributed by atoms with Crippen LogP contribution in [0.15, 0.2) is 36.4 Å². The van der Waals surface area contributed by atoms with Crippen LogP contribution in [0.2, 0.25) is 15.1 Å². The van der Waals surface area contributed by atoms with Crippen LogP contribution in [-0.4, -0.2) is 50.0 Å². The normalized spacial score (nSPS) is 15.3. The molecule has 14 heteroatoms. The number of hydrogen-bond donors (Lipinski definition) is 1. The number of hydrogen-bond acceptors (Lipinski definition) is 4. The van der Waals surface area contributed by atoms with E-state index in [9.17, 15) is 31.2 Å². The van der Waals surface area contributed by atoms with Crippen molar-refractivity contribution in [2.45, 2.75) is 70.3 Å². The monoisotopic (exact) mass is 655 g/mol. The average molecular weight is 657 g/mol. The van der Waals surface area contributed by atoms with Gasteiger partial charge in [-0.05, 0) is 55.2 Å². The van der Waals surface area contributed by atoms with Gasteiger partial charge in [-0.3, -0.25) is 13.9 Å². The van der Waals surface area contributed by atoms with E-state index in [-0.39, 0.29) is 24.0 Å². The van der Waals surface area contributed by atoms with Crippen LogP contribution >= 0.6 is 34.8 Å². The zero-order chi connectivity index (χ0) is 30.5. The second-order valence-electron chi connectivity index (χ2n) is 9.96. The van der Waals surface area contributed by atoms with Crippen molar-refractivity contribution < 1.29 is 31.2 Å². The summed E-state index contributed by atoms with van der Waals surface area (Å²) in [6.45, 7) is 0.672. The van der Waals surface area contributed by atoms with Gasteiger partial charge in [0.25, 0.3) is 0 Å². The third-order valence-corrected chi connectivity index (χ3v) is 8.97. The average Bonchev–Trinajstić information content (AvgIpc) is 2.88. The molecule has 0 radical (unpaired) electrons. The van der Waals surface area contributed by atoms with Gasteiger partial charge in [0.1, 0.15) is 12.6 Å². The van der Waals surface area contributed by atoms with Crippen molar-refractivity contribution in [3.8, 4) is 0 Å². The maximum atomic E-state index is 13.8. The van der Waals surface area contributed by atoms with E-state index < -0.39 is 56.9 Å². The lowest BCUT2D eigenvalue weighted by Gasteiger charge is -2.34. The Morgan fingerprint density at radius 2 is 1.68 bits per heavy atom. The van der Waals surface area contributed by atoms with E-state index >= 15 is 0 Å². The fourth-order valence-electron chi connectivity index (χ4n) is 4.80. The van der Waals surface area contributed by atoms with Crippen LogP contribution in [-0.2, 0) is 32.3 Å². The van der Waals surface area contributed by atoms with Gasteiger partial charge in [0.15, 0.2) is 0 Å². The summed E-state index contributed by atoms with van der Waals surface area (Å²) < 4.78 is 66.6. The number of sulfonamides is 1. The molecule has 0 aromatic heterocycles. The highest BCUT2D eigenvalue weighted by molar-refractivity contribution is 7.92. The predicted molar refractivity (Wildman–Crippen MR) is 155 cm³/mol. The van der Waals surface area contributed by atoms with Gasteiger partial charge in [-0.25, -0.2) is 8.42 Å².